The molecule has 0 unspecified atom stereocenters. The molecule has 0 aromatic heterocycles. The van der Waals surface area contributed by atoms with Gasteiger partial charge in [0.2, 0.25) is 10.0 Å². The normalized spacial score (nSPS) is 11.3. The molecule has 1 aromatic rings. The standard InChI is InChI=1S/C11H16Cl2N2O2S/c1-15(2)11-5-4-9(13)8-10(11)14-18(16,17)7-3-6-12/h4-5,8,14H,3,6-7H2,1-2H3. The van der Waals surface area contributed by atoms with Gasteiger partial charge in [-0.05, 0) is 24.6 Å². The lowest BCUT2D eigenvalue weighted by molar-refractivity contribution is 0.600. The number of nitrogens with zero attached hydrogens (tertiary/aromatic N) is 1. The van der Waals surface area contributed by atoms with E-state index in [0.717, 1.165) is 5.69 Å². The molecule has 0 amide bonds. The molecule has 1 rings (SSSR count). The zero-order valence-corrected chi connectivity index (χ0v) is 12.6. The number of hydrogen-bond donors (Lipinski definition) is 1. The highest BCUT2D eigenvalue weighted by Gasteiger charge is 2.14. The van der Waals surface area contributed by atoms with Crippen LogP contribution in [0, 0.1) is 0 Å². The van der Waals surface area contributed by atoms with E-state index in [4.69, 9.17) is 23.2 Å². The fourth-order valence-corrected chi connectivity index (χ4v) is 3.03. The van der Waals surface area contributed by atoms with E-state index in [0.29, 0.717) is 23.0 Å². The van der Waals surface area contributed by atoms with E-state index in [1.807, 2.05) is 19.0 Å². The molecule has 0 aliphatic heterocycles. The van der Waals surface area contributed by atoms with Crippen molar-refractivity contribution in [2.75, 3.05) is 35.4 Å². The zero-order valence-electron chi connectivity index (χ0n) is 10.3. The van der Waals surface area contributed by atoms with Crippen LogP contribution in [0.3, 0.4) is 0 Å². The summed E-state index contributed by atoms with van der Waals surface area (Å²) in [4.78, 5) is 1.82. The number of nitrogens with one attached hydrogen (secondary N) is 1. The van der Waals surface area contributed by atoms with Gasteiger partial charge in [0, 0.05) is 25.0 Å². The lowest BCUT2D eigenvalue weighted by Crippen LogP contribution is -2.19. The lowest BCUT2D eigenvalue weighted by atomic mass is 10.2. The third-order valence-electron chi connectivity index (χ3n) is 2.25. The molecule has 0 aliphatic carbocycles. The van der Waals surface area contributed by atoms with Crippen molar-refractivity contribution in [3.8, 4) is 0 Å². The van der Waals surface area contributed by atoms with Crippen LogP contribution in [0.25, 0.3) is 0 Å². The molecule has 0 saturated heterocycles. The van der Waals surface area contributed by atoms with Crippen molar-refractivity contribution < 1.29 is 8.42 Å². The summed E-state index contributed by atoms with van der Waals surface area (Å²) in [6.45, 7) is 0. The highest BCUT2D eigenvalue weighted by Crippen LogP contribution is 2.28. The summed E-state index contributed by atoms with van der Waals surface area (Å²) in [5, 5.41) is 0.482. The first-order chi connectivity index (χ1) is 8.35. The summed E-state index contributed by atoms with van der Waals surface area (Å²) in [6, 6.07) is 5.07. The van der Waals surface area contributed by atoms with Gasteiger partial charge in [-0.25, -0.2) is 8.42 Å². The molecule has 0 bridgehead atoms. The van der Waals surface area contributed by atoms with E-state index in [9.17, 15) is 8.42 Å². The van der Waals surface area contributed by atoms with E-state index >= 15 is 0 Å². The number of hydrogen-bond acceptors (Lipinski definition) is 3. The quantitative estimate of drug-likeness (QED) is 0.822. The van der Waals surface area contributed by atoms with Crippen molar-refractivity contribution in [2.45, 2.75) is 6.42 Å². The van der Waals surface area contributed by atoms with Gasteiger partial charge in [-0.15, -0.1) is 11.6 Å². The fraction of sp³-hybridized carbons (Fsp3) is 0.455. The first kappa shape index (κ1) is 15.4. The molecule has 0 heterocycles. The van der Waals surface area contributed by atoms with Crippen LogP contribution in [0.4, 0.5) is 11.4 Å². The number of rotatable bonds is 6. The molecule has 0 atom stereocenters. The number of anilines is 2. The van der Waals surface area contributed by atoms with Crippen molar-refractivity contribution in [1.29, 1.82) is 0 Å². The first-order valence-corrected chi connectivity index (χ1v) is 7.95. The molecular formula is C11H16Cl2N2O2S. The van der Waals surface area contributed by atoms with Crippen molar-refractivity contribution in [1.82, 2.24) is 0 Å². The first-order valence-electron chi connectivity index (χ1n) is 5.39. The van der Waals surface area contributed by atoms with Gasteiger partial charge >= 0.3 is 0 Å². The highest BCUT2D eigenvalue weighted by atomic mass is 35.5. The van der Waals surface area contributed by atoms with Crippen LogP contribution in [0.5, 0.6) is 0 Å². The minimum Gasteiger partial charge on any atom is -0.376 e. The number of benzene rings is 1. The van der Waals surface area contributed by atoms with Gasteiger partial charge in [0.15, 0.2) is 0 Å². The van der Waals surface area contributed by atoms with Crippen LogP contribution in [-0.2, 0) is 10.0 Å². The topological polar surface area (TPSA) is 49.4 Å². The fourth-order valence-electron chi connectivity index (χ4n) is 1.44. The molecule has 0 fully saturated rings. The molecule has 0 aliphatic rings. The largest absolute Gasteiger partial charge is 0.376 e. The molecular weight excluding hydrogens is 295 g/mol. The van der Waals surface area contributed by atoms with E-state index in [1.165, 1.54) is 0 Å². The molecule has 4 nitrogen and oxygen atoms in total. The number of alkyl halides is 1. The average Bonchev–Trinajstić information content (AvgIpc) is 2.25. The Balaban J connectivity index is 2.99. The minimum absolute atomic E-state index is 0.00409. The van der Waals surface area contributed by atoms with Gasteiger partial charge in [0.25, 0.3) is 0 Å². The summed E-state index contributed by atoms with van der Waals surface area (Å²) >= 11 is 11.4. The Bertz CT molecular complexity index is 504. The van der Waals surface area contributed by atoms with Gasteiger partial charge in [0.05, 0.1) is 17.1 Å². The maximum absolute atomic E-state index is 11.8. The monoisotopic (exact) mass is 310 g/mol. The summed E-state index contributed by atoms with van der Waals surface area (Å²) in [6.07, 6.45) is 0.411. The Morgan fingerprint density at radius 3 is 2.56 bits per heavy atom. The molecule has 7 heteroatoms. The predicted octanol–water partition coefficient (Wildman–Crippen LogP) is 2.78. The summed E-state index contributed by atoms with van der Waals surface area (Å²) in [5.74, 6) is 0.312. The molecule has 0 spiro atoms. The van der Waals surface area contributed by atoms with E-state index in [1.54, 1.807) is 18.2 Å². The van der Waals surface area contributed by atoms with Crippen molar-refractivity contribution in [2.24, 2.45) is 0 Å². The van der Waals surface area contributed by atoms with E-state index in [2.05, 4.69) is 4.72 Å². The molecule has 1 aromatic carbocycles. The van der Waals surface area contributed by atoms with E-state index in [-0.39, 0.29) is 5.75 Å². The molecule has 0 radical (unpaired) electrons. The summed E-state index contributed by atoms with van der Waals surface area (Å²) < 4.78 is 26.2. The Morgan fingerprint density at radius 1 is 1.33 bits per heavy atom. The Hall–Kier alpha value is -0.650. The van der Waals surface area contributed by atoms with Crippen LogP contribution < -0.4 is 9.62 Å². The van der Waals surface area contributed by atoms with Gasteiger partial charge in [-0.1, -0.05) is 11.6 Å². The second-order valence-electron chi connectivity index (χ2n) is 4.02. The number of sulfonamides is 1. The maximum atomic E-state index is 11.8. The number of halogens is 2. The van der Waals surface area contributed by atoms with Gasteiger partial charge in [0.1, 0.15) is 0 Å². The SMILES string of the molecule is CN(C)c1ccc(Cl)cc1NS(=O)(=O)CCCCl. The van der Waals surface area contributed by atoms with Crippen LogP contribution in [-0.4, -0.2) is 34.1 Å². The molecule has 0 saturated carbocycles. The molecule has 1 N–H and O–H groups in total. The van der Waals surface area contributed by atoms with Gasteiger partial charge < -0.3 is 4.90 Å². The smallest absolute Gasteiger partial charge is 0.232 e. The summed E-state index contributed by atoms with van der Waals surface area (Å²) in [5.41, 5.74) is 1.23. The van der Waals surface area contributed by atoms with Crippen LogP contribution in [0.1, 0.15) is 6.42 Å². The Morgan fingerprint density at radius 2 is 2.00 bits per heavy atom. The molecule has 18 heavy (non-hydrogen) atoms. The maximum Gasteiger partial charge on any atom is 0.232 e. The highest BCUT2D eigenvalue weighted by molar-refractivity contribution is 7.92. The van der Waals surface area contributed by atoms with Crippen molar-refractivity contribution in [3.63, 3.8) is 0 Å². The van der Waals surface area contributed by atoms with Crippen LogP contribution in [0.2, 0.25) is 5.02 Å². The lowest BCUT2D eigenvalue weighted by Gasteiger charge is -2.18. The molecule has 102 valence electrons. The average molecular weight is 311 g/mol. The zero-order chi connectivity index (χ0) is 13.8. The third-order valence-corrected chi connectivity index (χ3v) is 4.11. The second-order valence-corrected chi connectivity index (χ2v) is 6.68. The Kier molecular flexibility index (Phi) is 5.56. The van der Waals surface area contributed by atoms with Crippen molar-refractivity contribution >= 4 is 44.6 Å². The van der Waals surface area contributed by atoms with Gasteiger partial charge in [-0.2, -0.15) is 0 Å². The Labute approximate surface area is 118 Å². The summed E-state index contributed by atoms with van der Waals surface area (Å²) in [7, 11) is 0.277. The van der Waals surface area contributed by atoms with Gasteiger partial charge in [-0.3, -0.25) is 4.72 Å². The van der Waals surface area contributed by atoms with Crippen LogP contribution in [0.15, 0.2) is 18.2 Å². The van der Waals surface area contributed by atoms with Crippen molar-refractivity contribution in [3.05, 3.63) is 23.2 Å². The van der Waals surface area contributed by atoms with Crippen LogP contribution >= 0.6 is 23.2 Å². The van der Waals surface area contributed by atoms with E-state index < -0.39 is 10.0 Å². The predicted molar refractivity (Wildman–Crippen MR) is 78.5 cm³/mol. The second kappa shape index (κ2) is 6.50. The minimum atomic E-state index is -3.39. The third kappa shape index (κ3) is 4.55.